The van der Waals surface area contributed by atoms with E-state index in [1.807, 2.05) is 12.1 Å². The largest absolute Gasteiger partial charge is 0.492 e. The fourth-order valence-corrected chi connectivity index (χ4v) is 2.94. The van der Waals surface area contributed by atoms with Gasteiger partial charge in [-0.1, -0.05) is 19.9 Å². The monoisotopic (exact) mass is 247 g/mol. The lowest BCUT2D eigenvalue weighted by Gasteiger charge is -2.21. The number of hydrogen-bond acceptors (Lipinski definition) is 3. The first kappa shape index (κ1) is 12.0. The Bertz CT molecular complexity index is 450. The molecule has 0 spiro atoms. The Morgan fingerprint density at radius 2 is 2.28 bits per heavy atom. The van der Waals surface area contributed by atoms with Gasteiger partial charge in [0.05, 0.1) is 12.7 Å². The van der Waals surface area contributed by atoms with Crippen LogP contribution >= 0.6 is 0 Å². The fraction of sp³-hybridized carbons (Fsp3) is 0.600. The van der Waals surface area contributed by atoms with Gasteiger partial charge in [0.25, 0.3) is 0 Å². The molecule has 1 aromatic rings. The highest BCUT2D eigenvalue weighted by atomic mass is 16.5. The molecule has 2 aliphatic rings. The first-order chi connectivity index (χ1) is 8.58. The summed E-state index contributed by atoms with van der Waals surface area (Å²) in [5, 5.41) is 13.8. The third-order valence-electron chi connectivity index (χ3n) is 4.14. The smallest absolute Gasteiger partial charge is 0.123 e. The van der Waals surface area contributed by atoms with E-state index < -0.39 is 6.10 Å². The van der Waals surface area contributed by atoms with Crippen molar-refractivity contribution in [3.05, 3.63) is 29.3 Å². The van der Waals surface area contributed by atoms with Crippen LogP contribution in [0.4, 0.5) is 0 Å². The molecule has 1 saturated heterocycles. The second-order valence-electron chi connectivity index (χ2n) is 6.08. The summed E-state index contributed by atoms with van der Waals surface area (Å²) >= 11 is 0. The van der Waals surface area contributed by atoms with Crippen molar-refractivity contribution >= 4 is 0 Å². The van der Waals surface area contributed by atoms with Crippen LogP contribution < -0.4 is 10.1 Å². The molecule has 2 heterocycles. The Hall–Kier alpha value is -1.06. The van der Waals surface area contributed by atoms with Crippen molar-refractivity contribution in [2.24, 2.45) is 0 Å². The van der Waals surface area contributed by atoms with E-state index in [0.29, 0.717) is 0 Å². The molecule has 0 amide bonds. The average molecular weight is 247 g/mol. The van der Waals surface area contributed by atoms with E-state index in [9.17, 15) is 5.11 Å². The zero-order valence-corrected chi connectivity index (χ0v) is 11.1. The third-order valence-corrected chi connectivity index (χ3v) is 4.14. The normalized spacial score (nSPS) is 26.7. The van der Waals surface area contributed by atoms with Crippen LogP contribution in [0.15, 0.2) is 18.2 Å². The van der Waals surface area contributed by atoms with Crippen LogP contribution in [0.5, 0.6) is 5.75 Å². The fourth-order valence-electron chi connectivity index (χ4n) is 2.94. The van der Waals surface area contributed by atoms with Gasteiger partial charge >= 0.3 is 0 Å². The lowest BCUT2D eigenvalue weighted by atomic mass is 9.85. The van der Waals surface area contributed by atoms with Gasteiger partial charge in [-0.3, -0.25) is 0 Å². The van der Waals surface area contributed by atoms with Crippen molar-refractivity contribution < 1.29 is 9.84 Å². The first-order valence-corrected chi connectivity index (χ1v) is 6.77. The van der Waals surface area contributed by atoms with Crippen LogP contribution in [0.1, 0.15) is 43.9 Å². The maximum atomic E-state index is 10.4. The molecule has 2 aliphatic heterocycles. The predicted octanol–water partition coefficient (Wildman–Crippen LogP) is 2.14. The Kier molecular flexibility index (Phi) is 2.83. The number of fused-ring (bicyclic) bond motifs is 1. The van der Waals surface area contributed by atoms with Gasteiger partial charge in [-0.15, -0.1) is 0 Å². The van der Waals surface area contributed by atoms with Gasteiger partial charge in [0.15, 0.2) is 0 Å². The number of aliphatic hydroxyl groups excluding tert-OH is 1. The molecule has 0 bridgehead atoms. The molecule has 1 aromatic carbocycles. The molecule has 2 unspecified atom stereocenters. The minimum Gasteiger partial charge on any atom is -0.492 e. The Morgan fingerprint density at radius 1 is 1.44 bits per heavy atom. The number of rotatable bonds is 2. The van der Waals surface area contributed by atoms with Gasteiger partial charge in [0, 0.05) is 17.0 Å². The highest BCUT2D eigenvalue weighted by Crippen LogP contribution is 2.40. The summed E-state index contributed by atoms with van der Waals surface area (Å²) in [6, 6.07) is 6.31. The molecule has 0 saturated carbocycles. The van der Waals surface area contributed by atoms with E-state index in [4.69, 9.17) is 4.74 Å². The number of nitrogens with one attached hydrogen (secondary N) is 1. The molecule has 98 valence electrons. The van der Waals surface area contributed by atoms with Crippen molar-refractivity contribution in [3.63, 3.8) is 0 Å². The maximum Gasteiger partial charge on any atom is 0.123 e. The van der Waals surface area contributed by atoms with Crippen LogP contribution in [0.3, 0.4) is 0 Å². The minimum atomic E-state index is -0.408. The summed E-state index contributed by atoms with van der Waals surface area (Å²) in [5.41, 5.74) is 2.28. The second kappa shape index (κ2) is 4.25. The maximum absolute atomic E-state index is 10.4. The molecule has 2 atom stereocenters. The summed E-state index contributed by atoms with van der Waals surface area (Å²) < 4.78 is 5.68. The molecule has 3 heteroatoms. The first-order valence-electron chi connectivity index (χ1n) is 6.77. The second-order valence-corrected chi connectivity index (χ2v) is 6.08. The van der Waals surface area contributed by atoms with Crippen LogP contribution in [0.2, 0.25) is 0 Å². The quantitative estimate of drug-likeness (QED) is 0.841. The average Bonchev–Trinajstić information content (AvgIpc) is 2.97. The minimum absolute atomic E-state index is 0.0498. The van der Waals surface area contributed by atoms with E-state index >= 15 is 0 Å². The third kappa shape index (κ3) is 1.91. The molecule has 2 N–H and O–H groups in total. The van der Waals surface area contributed by atoms with Crippen molar-refractivity contribution in [2.45, 2.75) is 44.2 Å². The summed E-state index contributed by atoms with van der Waals surface area (Å²) in [7, 11) is 0. The van der Waals surface area contributed by atoms with Crippen molar-refractivity contribution in [1.82, 2.24) is 5.32 Å². The van der Waals surface area contributed by atoms with Gasteiger partial charge < -0.3 is 15.2 Å². The number of ether oxygens (including phenoxy) is 1. The van der Waals surface area contributed by atoms with Crippen LogP contribution in [0.25, 0.3) is 0 Å². The van der Waals surface area contributed by atoms with E-state index in [1.54, 1.807) is 0 Å². The Balaban J connectivity index is 1.90. The highest BCUT2D eigenvalue weighted by Gasteiger charge is 2.33. The Morgan fingerprint density at radius 3 is 3.00 bits per heavy atom. The van der Waals surface area contributed by atoms with E-state index in [0.717, 1.165) is 37.3 Å². The SMILES string of the molecule is CC1(C)COc2ccc(C(O)C3CCCN3)cc21. The molecule has 18 heavy (non-hydrogen) atoms. The standard InChI is InChI=1S/C15H21NO2/c1-15(2)9-18-13-6-5-10(8-11(13)15)14(17)12-4-3-7-16-12/h5-6,8,12,14,16-17H,3-4,7,9H2,1-2H3. The van der Waals surface area contributed by atoms with Gasteiger partial charge in [-0.2, -0.15) is 0 Å². The summed E-state index contributed by atoms with van der Waals surface area (Å²) in [6.07, 6.45) is 1.80. The van der Waals surface area contributed by atoms with Gasteiger partial charge in [-0.25, -0.2) is 0 Å². The van der Waals surface area contributed by atoms with Crippen molar-refractivity contribution in [1.29, 1.82) is 0 Å². The number of hydrogen-bond donors (Lipinski definition) is 2. The van der Waals surface area contributed by atoms with E-state index in [1.165, 1.54) is 5.56 Å². The molecular formula is C15H21NO2. The molecule has 1 fully saturated rings. The Labute approximate surface area is 108 Å². The predicted molar refractivity (Wildman–Crippen MR) is 70.9 cm³/mol. The zero-order valence-electron chi connectivity index (χ0n) is 11.1. The topological polar surface area (TPSA) is 41.5 Å². The van der Waals surface area contributed by atoms with E-state index in [-0.39, 0.29) is 11.5 Å². The van der Waals surface area contributed by atoms with Gasteiger partial charge in [0.2, 0.25) is 0 Å². The number of benzene rings is 1. The molecule has 0 aromatic heterocycles. The number of aliphatic hydroxyl groups is 1. The van der Waals surface area contributed by atoms with Crippen LogP contribution in [-0.2, 0) is 5.41 Å². The lowest BCUT2D eigenvalue weighted by molar-refractivity contribution is 0.137. The molecule has 0 aliphatic carbocycles. The molecule has 3 nitrogen and oxygen atoms in total. The van der Waals surface area contributed by atoms with Crippen LogP contribution in [0, 0.1) is 0 Å². The summed E-state index contributed by atoms with van der Waals surface area (Å²) in [4.78, 5) is 0. The van der Waals surface area contributed by atoms with Crippen molar-refractivity contribution in [2.75, 3.05) is 13.2 Å². The van der Waals surface area contributed by atoms with Gasteiger partial charge in [0.1, 0.15) is 5.75 Å². The zero-order chi connectivity index (χ0) is 12.8. The van der Waals surface area contributed by atoms with Crippen molar-refractivity contribution in [3.8, 4) is 5.75 Å². The summed E-state index contributed by atoms with van der Waals surface area (Å²) in [5.74, 6) is 0.968. The molecule has 0 radical (unpaired) electrons. The summed E-state index contributed by atoms with van der Waals surface area (Å²) in [6.45, 7) is 6.11. The van der Waals surface area contributed by atoms with Gasteiger partial charge in [-0.05, 0) is 37.1 Å². The highest BCUT2D eigenvalue weighted by molar-refractivity contribution is 5.45. The lowest BCUT2D eigenvalue weighted by Crippen LogP contribution is -2.29. The molecule has 3 rings (SSSR count). The van der Waals surface area contributed by atoms with Crippen LogP contribution in [-0.4, -0.2) is 24.3 Å². The van der Waals surface area contributed by atoms with E-state index in [2.05, 4.69) is 25.2 Å². The molecular weight excluding hydrogens is 226 g/mol.